The Balaban J connectivity index is 0.000000686. The van der Waals surface area contributed by atoms with Crippen LogP contribution >= 0.6 is 15.9 Å². The molecule has 0 aliphatic rings. The maximum absolute atomic E-state index is 11.1. The first-order valence-electron chi connectivity index (χ1n) is 4.75. The Morgan fingerprint density at radius 2 is 2.00 bits per heavy atom. The van der Waals surface area contributed by atoms with Crippen molar-refractivity contribution in [3.63, 3.8) is 0 Å². The van der Waals surface area contributed by atoms with Crippen LogP contribution in [-0.2, 0) is 6.61 Å². The molecule has 0 saturated carbocycles. The van der Waals surface area contributed by atoms with Gasteiger partial charge in [0.2, 0.25) is 0 Å². The van der Waals surface area contributed by atoms with Crippen LogP contribution in [0.1, 0.15) is 5.56 Å². The number of nitrogens with two attached hydrogens (primary N) is 1. The van der Waals surface area contributed by atoms with E-state index in [2.05, 4.69) is 21.3 Å². The predicted molar refractivity (Wildman–Crippen MR) is 71.9 cm³/mol. The van der Waals surface area contributed by atoms with E-state index in [0.717, 1.165) is 10.4 Å². The van der Waals surface area contributed by atoms with Gasteiger partial charge in [0.25, 0.3) is 0 Å². The lowest BCUT2D eigenvalue weighted by Crippen LogP contribution is -2.00. The second kappa shape index (κ2) is 5.96. The fourth-order valence-electron chi connectivity index (χ4n) is 1.37. The molecule has 2 rings (SSSR count). The van der Waals surface area contributed by atoms with Gasteiger partial charge in [-0.1, -0.05) is 0 Å². The van der Waals surface area contributed by atoms with E-state index in [-0.39, 0.29) is 17.9 Å². The molecule has 0 radical (unpaired) electrons. The van der Waals surface area contributed by atoms with Gasteiger partial charge in [0.15, 0.2) is 0 Å². The normalized spacial score (nSPS) is 10.1. The topological polar surface area (TPSA) is 96.7 Å². The number of hydrogen-bond acceptors (Lipinski definition) is 5. The van der Waals surface area contributed by atoms with Gasteiger partial charge < -0.3 is 20.0 Å². The van der Waals surface area contributed by atoms with E-state index >= 15 is 0 Å². The van der Waals surface area contributed by atoms with E-state index in [1.807, 2.05) is 0 Å². The smallest absolute Gasteiger partial charge is 0.336 e. The molecule has 0 amide bonds. The van der Waals surface area contributed by atoms with Gasteiger partial charge in [0, 0.05) is 17.5 Å². The number of phenolic OH excluding ortho intramolecular Hbond substituents is 1. The first-order chi connectivity index (χ1) is 8.11. The summed E-state index contributed by atoms with van der Waals surface area (Å²) in [6.07, 6.45) is 0. The average Bonchev–Trinajstić information content (AvgIpc) is 2.33. The molecule has 2 aromatic rings. The van der Waals surface area contributed by atoms with Gasteiger partial charge in [-0.05, 0) is 27.6 Å². The monoisotopic (exact) mass is 317 g/mol. The molecule has 17 heavy (non-hydrogen) atoms. The van der Waals surface area contributed by atoms with Crippen molar-refractivity contribution in [3.05, 3.63) is 38.7 Å². The number of halogens is 1. The Morgan fingerprint density at radius 1 is 1.35 bits per heavy atom. The molecule has 4 N–H and O–H groups in total. The van der Waals surface area contributed by atoms with Gasteiger partial charge >= 0.3 is 5.63 Å². The number of benzene rings is 1. The summed E-state index contributed by atoms with van der Waals surface area (Å²) < 4.78 is 5.38. The highest BCUT2D eigenvalue weighted by atomic mass is 79.9. The summed E-state index contributed by atoms with van der Waals surface area (Å²) in [6.45, 7) is -0.251. The second-order valence-electron chi connectivity index (χ2n) is 3.05. The van der Waals surface area contributed by atoms with Crippen molar-refractivity contribution in [2.45, 2.75) is 6.61 Å². The third-order valence-electron chi connectivity index (χ3n) is 2.07. The quantitative estimate of drug-likeness (QED) is 0.507. The van der Waals surface area contributed by atoms with Crippen molar-refractivity contribution in [3.8, 4) is 5.75 Å². The molecule has 0 atom stereocenters. The number of phenols is 1. The molecule has 7 heteroatoms. The van der Waals surface area contributed by atoms with Crippen LogP contribution in [0.2, 0.25) is 0 Å². The fraction of sp³-hybridized carbons (Fsp3) is 0.100. The summed E-state index contributed by atoms with van der Waals surface area (Å²) in [4.78, 5) is 11.1. The summed E-state index contributed by atoms with van der Waals surface area (Å²) in [5, 5.41) is 23.7. The van der Waals surface area contributed by atoms with Crippen LogP contribution in [0.15, 0.2) is 31.9 Å². The average molecular weight is 318 g/mol. The molecule has 5 nitrogen and oxygen atoms in total. The van der Waals surface area contributed by atoms with Gasteiger partial charge in [-0.2, -0.15) is 0 Å². The van der Waals surface area contributed by atoms with Crippen LogP contribution in [0.4, 0.5) is 0 Å². The standard InChI is InChI=1S/C10H7BrO4.H5NSi/c11-7-2-6-5(4-12)1-10(14)15-9(6)3-8(7)13;1-2/h1-3,12-13H,4H2;1H2,2H3. The molecule has 1 aromatic carbocycles. The van der Waals surface area contributed by atoms with Crippen molar-refractivity contribution < 1.29 is 14.6 Å². The molecule has 0 bridgehead atoms. The molecule has 1 aromatic heterocycles. The summed E-state index contributed by atoms with van der Waals surface area (Å²) in [6, 6.07) is 4.16. The van der Waals surface area contributed by atoms with E-state index in [9.17, 15) is 9.90 Å². The van der Waals surface area contributed by atoms with Gasteiger partial charge in [-0.25, -0.2) is 4.79 Å². The molecule has 1 heterocycles. The van der Waals surface area contributed by atoms with Crippen LogP contribution in [0.25, 0.3) is 11.0 Å². The second-order valence-corrected chi connectivity index (χ2v) is 3.90. The minimum atomic E-state index is -0.548. The van der Waals surface area contributed by atoms with E-state index in [4.69, 9.17) is 9.52 Å². The van der Waals surface area contributed by atoms with E-state index in [1.165, 1.54) is 12.1 Å². The Bertz CT molecular complexity index is 584. The van der Waals surface area contributed by atoms with Crippen molar-refractivity contribution in [2.24, 2.45) is 5.40 Å². The summed E-state index contributed by atoms with van der Waals surface area (Å²) in [7, 11) is 0.806. The van der Waals surface area contributed by atoms with Crippen molar-refractivity contribution in [1.82, 2.24) is 0 Å². The summed E-state index contributed by atoms with van der Waals surface area (Å²) >= 11 is 3.15. The van der Waals surface area contributed by atoms with E-state index in [1.54, 1.807) is 6.07 Å². The largest absolute Gasteiger partial charge is 0.507 e. The highest BCUT2D eigenvalue weighted by molar-refractivity contribution is 9.10. The zero-order valence-electron chi connectivity index (χ0n) is 9.11. The Hall–Kier alpha value is -1.15. The third-order valence-corrected chi connectivity index (χ3v) is 2.70. The Labute approximate surface area is 108 Å². The number of aliphatic hydroxyl groups is 1. The molecule has 0 unspecified atom stereocenters. The molecule has 92 valence electrons. The minimum Gasteiger partial charge on any atom is -0.507 e. The lowest BCUT2D eigenvalue weighted by Gasteiger charge is -2.03. The predicted octanol–water partition coefficient (Wildman–Crippen LogP) is -0.0211. The van der Waals surface area contributed by atoms with Crippen molar-refractivity contribution >= 4 is 37.3 Å². The maximum atomic E-state index is 11.1. The van der Waals surface area contributed by atoms with Crippen LogP contribution < -0.4 is 11.0 Å². The number of aliphatic hydroxyl groups excluding tert-OH is 1. The van der Waals surface area contributed by atoms with Gasteiger partial charge in [0.1, 0.15) is 11.3 Å². The Morgan fingerprint density at radius 3 is 2.59 bits per heavy atom. The van der Waals surface area contributed by atoms with Crippen LogP contribution in [-0.4, -0.2) is 20.6 Å². The lowest BCUT2D eigenvalue weighted by atomic mass is 10.1. The van der Waals surface area contributed by atoms with Crippen molar-refractivity contribution in [1.29, 1.82) is 0 Å². The molecule has 0 aliphatic carbocycles. The molecule has 0 saturated heterocycles. The zero-order valence-corrected chi connectivity index (χ0v) is 12.7. The summed E-state index contributed by atoms with van der Waals surface area (Å²) in [5.41, 5.74) is 0.183. The van der Waals surface area contributed by atoms with E-state index < -0.39 is 5.63 Å². The molecule has 0 fully saturated rings. The van der Waals surface area contributed by atoms with Gasteiger partial charge in [0.05, 0.1) is 21.5 Å². The number of fused-ring (bicyclic) bond motifs is 1. The number of rotatable bonds is 1. The molecular weight excluding hydrogens is 306 g/mol. The molecule has 0 aliphatic heterocycles. The lowest BCUT2D eigenvalue weighted by molar-refractivity contribution is 0.282. The highest BCUT2D eigenvalue weighted by Crippen LogP contribution is 2.30. The van der Waals surface area contributed by atoms with Crippen molar-refractivity contribution in [2.75, 3.05) is 0 Å². The zero-order chi connectivity index (χ0) is 13.0. The van der Waals surface area contributed by atoms with Gasteiger partial charge in [-0.3, -0.25) is 0 Å². The molecule has 0 spiro atoms. The van der Waals surface area contributed by atoms with E-state index in [0.29, 0.717) is 15.4 Å². The third kappa shape index (κ3) is 2.94. The number of aromatic hydroxyl groups is 1. The van der Waals surface area contributed by atoms with Crippen LogP contribution in [0.3, 0.4) is 0 Å². The first kappa shape index (κ1) is 13.9. The highest BCUT2D eigenvalue weighted by Gasteiger charge is 2.08. The summed E-state index contributed by atoms with van der Waals surface area (Å²) in [5.74, 6) is -0.0132. The van der Waals surface area contributed by atoms with Crippen LogP contribution in [0.5, 0.6) is 5.75 Å². The minimum absolute atomic E-state index is 0.0132. The maximum Gasteiger partial charge on any atom is 0.336 e. The number of hydrogen-bond donors (Lipinski definition) is 3. The van der Waals surface area contributed by atoms with Gasteiger partial charge in [-0.15, -0.1) is 0 Å². The van der Waals surface area contributed by atoms with Crippen LogP contribution in [0, 0.1) is 0 Å². The molecular formula is C10H12BrNO4Si. The first-order valence-corrected chi connectivity index (χ1v) is 6.70. The Kier molecular flexibility index (Phi) is 4.88. The fourth-order valence-corrected chi connectivity index (χ4v) is 1.71. The SMILES string of the molecule is N[SiH3].O=c1cc(CO)c2cc(Br)c(O)cc2o1.